The van der Waals surface area contributed by atoms with Gasteiger partial charge in [-0.15, -0.1) is 0 Å². The molecular formula is C18H31FN2. The van der Waals surface area contributed by atoms with Crippen molar-refractivity contribution in [3.63, 3.8) is 0 Å². The molecule has 21 heavy (non-hydrogen) atoms. The smallest absolute Gasteiger partial charge is 0.141 e. The Morgan fingerprint density at radius 1 is 1.00 bits per heavy atom. The molecule has 2 nitrogen and oxygen atoms in total. The van der Waals surface area contributed by atoms with Gasteiger partial charge < -0.3 is 5.32 Å². The summed E-state index contributed by atoms with van der Waals surface area (Å²) in [5, 5.41) is 3.52. The van der Waals surface area contributed by atoms with Crippen LogP contribution in [-0.4, -0.2) is 11.5 Å². The number of pyridine rings is 1. The normalized spacial score (nSPS) is 12.5. The van der Waals surface area contributed by atoms with Gasteiger partial charge in [0.25, 0.3) is 0 Å². The van der Waals surface area contributed by atoms with E-state index in [1.807, 2.05) is 0 Å². The van der Waals surface area contributed by atoms with Crippen LogP contribution in [0.3, 0.4) is 0 Å². The van der Waals surface area contributed by atoms with E-state index < -0.39 is 0 Å². The van der Waals surface area contributed by atoms with Crippen molar-refractivity contribution in [1.82, 2.24) is 10.3 Å². The predicted molar refractivity (Wildman–Crippen MR) is 87.8 cm³/mol. The van der Waals surface area contributed by atoms with Crippen LogP contribution in [0.1, 0.15) is 83.2 Å². The van der Waals surface area contributed by atoms with Gasteiger partial charge in [-0.25, -0.2) is 4.39 Å². The van der Waals surface area contributed by atoms with Crippen LogP contribution < -0.4 is 5.32 Å². The highest BCUT2D eigenvalue weighted by Crippen LogP contribution is 2.20. The van der Waals surface area contributed by atoms with Gasteiger partial charge in [-0.2, -0.15) is 0 Å². The molecule has 0 fully saturated rings. The maximum atomic E-state index is 13.3. The number of rotatable bonds is 12. The van der Waals surface area contributed by atoms with Crippen LogP contribution >= 0.6 is 0 Å². The molecule has 0 spiro atoms. The van der Waals surface area contributed by atoms with E-state index >= 15 is 0 Å². The zero-order valence-corrected chi connectivity index (χ0v) is 13.7. The molecule has 3 heteroatoms. The van der Waals surface area contributed by atoms with Crippen LogP contribution in [0.25, 0.3) is 0 Å². The van der Waals surface area contributed by atoms with Crippen molar-refractivity contribution < 1.29 is 4.39 Å². The maximum Gasteiger partial charge on any atom is 0.141 e. The molecule has 0 aliphatic carbocycles. The Hall–Kier alpha value is -0.960. The van der Waals surface area contributed by atoms with Gasteiger partial charge in [0.15, 0.2) is 0 Å². The molecule has 1 heterocycles. The summed E-state index contributed by atoms with van der Waals surface area (Å²) in [6.07, 6.45) is 14.4. The second kappa shape index (κ2) is 11.7. The molecule has 0 amide bonds. The molecular weight excluding hydrogens is 263 g/mol. The number of hydrogen-bond donors (Lipinski definition) is 1. The predicted octanol–water partition coefficient (Wildman–Crippen LogP) is 5.40. The van der Waals surface area contributed by atoms with Gasteiger partial charge in [0.2, 0.25) is 0 Å². The summed E-state index contributed by atoms with van der Waals surface area (Å²) in [6.45, 7) is 5.37. The van der Waals surface area contributed by atoms with E-state index in [2.05, 4.69) is 24.1 Å². The quantitative estimate of drug-likeness (QED) is 0.522. The largest absolute Gasteiger partial charge is 0.310 e. The van der Waals surface area contributed by atoms with Gasteiger partial charge in [-0.05, 0) is 31.0 Å². The second-order valence-electron chi connectivity index (χ2n) is 5.85. The Morgan fingerprint density at radius 2 is 1.71 bits per heavy atom. The van der Waals surface area contributed by atoms with E-state index in [1.54, 1.807) is 12.3 Å². The fourth-order valence-electron chi connectivity index (χ4n) is 2.63. The van der Waals surface area contributed by atoms with E-state index in [4.69, 9.17) is 0 Å². The van der Waals surface area contributed by atoms with Crippen LogP contribution in [-0.2, 0) is 0 Å². The molecule has 1 aromatic rings. The Morgan fingerprint density at radius 3 is 2.38 bits per heavy atom. The minimum Gasteiger partial charge on any atom is -0.310 e. The molecule has 120 valence electrons. The van der Waals surface area contributed by atoms with Crippen molar-refractivity contribution in [3.05, 3.63) is 29.8 Å². The highest BCUT2D eigenvalue weighted by atomic mass is 19.1. The Balaban J connectivity index is 2.33. The average Bonchev–Trinajstić information content (AvgIpc) is 2.49. The van der Waals surface area contributed by atoms with Gasteiger partial charge in [-0.1, -0.05) is 58.8 Å². The molecule has 0 bridgehead atoms. The van der Waals surface area contributed by atoms with Crippen molar-refractivity contribution in [2.24, 2.45) is 0 Å². The van der Waals surface area contributed by atoms with Crippen LogP contribution in [0.4, 0.5) is 4.39 Å². The lowest BCUT2D eigenvalue weighted by atomic mass is 10.0. The summed E-state index contributed by atoms with van der Waals surface area (Å²) in [6, 6.07) is 1.85. The summed E-state index contributed by atoms with van der Waals surface area (Å²) in [4.78, 5) is 3.98. The summed E-state index contributed by atoms with van der Waals surface area (Å²) in [7, 11) is 0. The topological polar surface area (TPSA) is 24.9 Å². The van der Waals surface area contributed by atoms with Crippen molar-refractivity contribution in [2.75, 3.05) is 6.54 Å². The molecule has 0 radical (unpaired) electrons. The number of nitrogens with one attached hydrogen (secondary N) is 1. The number of aromatic nitrogens is 1. The van der Waals surface area contributed by atoms with Crippen LogP contribution in [0, 0.1) is 5.82 Å². The van der Waals surface area contributed by atoms with Gasteiger partial charge in [-0.3, -0.25) is 4.98 Å². The van der Waals surface area contributed by atoms with Gasteiger partial charge in [0.1, 0.15) is 5.82 Å². The molecule has 1 rings (SSSR count). The molecule has 1 aromatic heterocycles. The molecule has 0 aromatic carbocycles. The monoisotopic (exact) mass is 294 g/mol. The third kappa shape index (κ3) is 8.15. The fourth-order valence-corrected chi connectivity index (χ4v) is 2.63. The molecule has 0 aliphatic rings. The van der Waals surface area contributed by atoms with Gasteiger partial charge >= 0.3 is 0 Å². The summed E-state index contributed by atoms with van der Waals surface area (Å²) >= 11 is 0. The molecule has 1 N–H and O–H groups in total. The number of unbranched alkanes of at least 4 members (excludes halogenated alkanes) is 6. The highest BCUT2D eigenvalue weighted by Gasteiger charge is 2.11. The van der Waals surface area contributed by atoms with Crippen molar-refractivity contribution in [2.45, 2.75) is 77.7 Å². The fraction of sp³-hybridized carbons (Fsp3) is 0.722. The Kier molecular flexibility index (Phi) is 10.1. The van der Waals surface area contributed by atoms with Crippen LogP contribution in [0.5, 0.6) is 0 Å². The highest BCUT2D eigenvalue weighted by molar-refractivity contribution is 5.15. The third-order valence-corrected chi connectivity index (χ3v) is 3.87. The molecule has 0 saturated heterocycles. The number of hydrogen-bond acceptors (Lipinski definition) is 2. The first kappa shape index (κ1) is 18.1. The van der Waals surface area contributed by atoms with E-state index in [1.165, 1.54) is 51.1 Å². The van der Waals surface area contributed by atoms with Gasteiger partial charge in [0.05, 0.1) is 6.20 Å². The lowest BCUT2D eigenvalue weighted by Gasteiger charge is -2.18. The zero-order chi connectivity index (χ0) is 15.3. The maximum absolute atomic E-state index is 13.3. The molecule has 0 aliphatic heterocycles. The third-order valence-electron chi connectivity index (χ3n) is 3.87. The minimum atomic E-state index is -0.240. The van der Waals surface area contributed by atoms with Crippen molar-refractivity contribution in [3.8, 4) is 0 Å². The second-order valence-corrected chi connectivity index (χ2v) is 5.85. The summed E-state index contributed by atoms with van der Waals surface area (Å²) in [5.74, 6) is -0.240. The SMILES string of the molecule is CCCCCCCCCC(NCCC)c1cncc(F)c1. The summed E-state index contributed by atoms with van der Waals surface area (Å²) in [5.41, 5.74) is 0.981. The molecule has 1 unspecified atom stereocenters. The first-order valence-corrected chi connectivity index (χ1v) is 8.61. The van der Waals surface area contributed by atoms with E-state index in [-0.39, 0.29) is 11.9 Å². The van der Waals surface area contributed by atoms with Gasteiger partial charge in [0, 0.05) is 12.2 Å². The molecule has 0 saturated carbocycles. The Labute approximate surface area is 129 Å². The average molecular weight is 294 g/mol. The van der Waals surface area contributed by atoms with E-state index in [0.29, 0.717) is 0 Å². The lowest BCUT2D eigenvalue weighted by Crippen LogP contribution is -2.22. The van der Waals surface area contributed by atoms with Crippen LogP contribution in [0.2, 0.25) is 0 Å². The number of nitrogens with zero attached hydrogens (tertiary/aromatic N) is 1. The lowest BCUT2D eigenvalue weighted by molar-refractivity contribution is 0.462. The first-order chi connectivity index (χ1) is 10.3. The first-order valence-electron chi connectivity index (χ1n) is 8.61. The van der Waals surface area contributed by atoms with Crippen LogP contribution in [0.15, 0.2) is 18.5 Å². The van der Waals surface area contributed by atoms with Crippen molar-refractivity contribution in [1.29, 1.82) is 0 Å². The minimum absolute atomic E-state index is 0.240. The van der Waals surface area contributed by atoms with E-state index in [0.717, 1.165) is 24.9 Å². The van der Waals surface area contributed by atoms with E-state index in [9.17, 15) is 4.39 Å². The Bertz CT molecular complexity index is 368. The zero-order valence-electron chi connectivity index (χ0n) is 13.7. The molecule has 1 atom stereocenters. The number of halogens is 1. The summed E-state index contributed by atoms with van der Waals surface area (Å²) < 4.78 is 13.3. The standard InChI is InChI=1S/C18H31FN2/c1-3-5-6-7-8-9-10-11-18(21-12-4-2)16-13-17(19)15-20-14-16/h13-15,18,21H,3-12H2,1-2H3. The van der Waals surface area contributed by atoms with Crippen molar-refractivity contribution >= 4 is 0 Å².